The van der Waals surface area contributed by atoms with E-state index in [1.807, 2.05) is 36.4 Å². The van der Waals surface area contributed by atoms with Gasteiger partial charge in [0.25, 0.3) is 5.91 Å². The molecule has 2 aromatic rings. The van der Waals surface area contributed by atoms with Crippen LogP contribution in [0.1, 0.15) is 12.5 Å². The minimum absolute atomic E-state index is 0.125. The Bertz CT molecular complexity index is 871. The summed E-state index contributed by atoms with van der Waals surface area (Å²) in [7, 11) is 3.31. The highest BCUT2D eigenvalue weighted by Gasteiger charge is 2.34. The number of nitrogens with zero attached hydrogens (tertiary/aromatic N) is 2. The fraction of sp³-hybridized carbons (Fsp3) is 0.300. The third kappa shape index (κ3) is 4.08. The van der Waals surface area contributed by atoms with Crippen molar-refractivity contribution in [2.75, 3.05) is 25.6 Å². The first kappa shape index (κ1) is 19.2. The maximum absolute atomic E-state index is 13.0. The van der Waals surface area contributed by atoms with Gasteiger partial charge in [0.2, 0.25) is 5.91 Å². The van der Waals surface area contributed by atoms with Gasteiger partial charge in [0.1, 0.15) is 11.5 Å². The molecule has 1 aliphatic rings. The van der Waals surface area contributed by atoms with Crippen molar-refractivity contribution in [1.82, 2.24) is 4.90 Å². The molecular weight excluding hydrogens is 412 g/mol. The monoisotopic (exact) mass is 432 g/mol. The number of methoxy groups -OCH3 is 1. The number of carbonyl (C=O) groups excluding carboxylic acids is 2. The van der Waals surface area contributed by atoms with Gasteiger partial charge in [-0.15, -0.1) is 0 Å². The van der Waals surface area contributed by atoms with Gasteiger partial charge >= 0.3 is 0 Å². The SMILES string of the molecule is COc1ccc(Br)cc1CN(C)C(=O)C1CN(C(C)=O)c2ccccc2O1. The Morgan fingerprint density at radius 1 is 1.30 bits per heavy atom. The smallest absolute Gasteiger partial charge is 0.265 e. The summed E-state index contributed by atoms with van der Waals surface area (Å²) in [5, 5.41) is 0. The first-order valence-electron chi connectivity index (χ1n) is 8.52. The molecule has 0 aliphatic carbocycles. The summed E-state index contributed by atoms with van der Waals surface area (Å²) in [4.78, 5) is 28.2. The maximum atomic E-state index is 13.0. The number of ether oxygens (including phenoxy) is 2. The standard InChI is InChI=1S/C20H21BrN2O4/c1-13(24)23-12-19(27-18-7-5-4-6-16(18)23)20(25)22(2)11-14-10-15(21)8-9-17(14)26-3/h4-10,19H,11-12H2,1-3H3. The van der Waals surface area contributed by atoms with Crippen LogP contribution in [0.5, 0.6) is 11.5 Å². The van der Waals surface area contributed by atoms with Gasteiger partial charge in [0, 0.05) is 30.6 Å². The molecule has 2 amide bonds. The van der Waals surface area contributed by atoms with Crippen molar-refractivity contribution in [2.24, 2.45) is 0 Å². The number of carbonyl (C=O) groups is 2. The molecule has 27 heavy (non-hydrogen) atoms. The van der Waals surface area contributed by atoms with Gasteiger partial charge in [-0.1, -0.05) is 28.1 Å². The van der Waals surface area contributed by atoms with Crippen LogP contribution in [0.4, 0.5) is 5.69 Å². The molecule has 0 saturated heterocycles. The number of halogens is 1. The Morgan fingerprint density at radius 2 is 2.04 bits per heavy atom. The van der Waals surface area contributed by atoms with E-state index in [-0.39, 0.29) is 18.4 Å². The van der Waals surface area contributed by atoms with Crippen LogP contribution in [0.15, 0.2) is 46.9 Å². The Balaban J connectivity index is 1.80. The molecule has 0 fully saturated rings. The third-order valence-corrected chi connectivity index (χ3v) is 4.95. The lowest BCUT2D eigenvalue weighted by Gasteiger charge is -2.35. The number of para-hydroxylation sites is 2. The van der Waals surface area contributed by atoms with Gasteiger partial charge in [-0.05, 0) is 30.3 Å². The van der Waals surface area contributed by atoms with Crippen LogP contribution in [-0.4, -0.2) is 43.5 Å². The van der Waals surface area contributed by atoms with Crippen molar-refractivity contribution in [2.45, 2.75) is 19.6 Å². The Hall–Kier alpha value is -2.54. The minimum Gasteiger partial charge on any atom is -0.496 e. The Labute approximate surface area is 166 Å². The fourth-order valence-corrected chi connectivity index (χ4v) is 3.52. The molecule has 0 spiro atoms. The normalized spacial score (nSPS) is 15.6. The summed E-state index contributed by atoms with van der Waals surface area (Å²) in [6.45, 7) is 2.04. The molecule has 0 bridgehead atoms. The number of hydrogen-bond donors (Lipinski definition) is 0. The van der Waals surface area contributed by atoms with Crippen molar-refractivity contribution in [3.05, 3.63) is 52.5 Å². The summed E-state index contributed by atoms with van der Waals surface area (Å²) in [5.74, 6) is 0.918. The van der Waals surface area contributed by atoms with Crippen LogP contribution < -0.4 is 14.4 Å². The lowest BCUT2D eigenvalue weighted by atomic mass is 10.1. The van der Waals surface area contributed by atoms with Crippen LogP contribution in [0, 0.1) is 0 Å². The summed E-state index contributed by atoms with van der Waals surface area (Å²) < 4.78 is 12.2. The highest BCUT2D eigenvalue weighted by Crippen LogP contribution is 2.33. The van der Waals surface area contributed by atoms with E-state index in [1.165, 1.54) is 6.92 Å². The molecule has 0 saturated carbocycles. The van der Waals surface area contributed by atoms with E-state index in [4.69, 9.17) is 9.47 Å². The average molecular weight is 433 g/mol. The lowest BCUT2D eigenvalue weighted by Crippen LogP contribution is -2.50. The van der Waals surface area contributed by atoms with E-state index >= 15 is 0 Å². The molecule has 1 heterocycles. The van der Waals surface area contributed by atoms with Crippen molar-refractivity contribution in [3.8, 4) is 11.5 Å². The number of hydrogen-bond acceptors (Lipinski definition) is 4. The maximum Gasteiger partial charge on any atom is 0.265 e. The predicted molar refractivity (Wildman–Crippen MR) is 106 cm³/mol. The number of anilines is 1. The summed E-state index contributed by atoms with van der Waals surface area (Å²) >= 11 is 3.44. The molecule has 6 nitrogen and oxygen atoms in total. The molecular formula is C20H21BrN2O4. The average Bonchev–Trinajstić information content (AvgIpc) is 2.66. The molecule has 7 heteroatoms. The molecule has 0 radical (unpaired) electrons. The van der Waals surface area contributed by atoms with Gasteiger partial charge in [0.15, 0.2) is 6.10 Å². The zero-order chi connectivity index (χ0) is 19.6. The largest absolute Gasteiger partial charge is 0.496 e. The van der Waals surface area contributed by atoms with E-state index in [0.29, 0.717) is 23.7 Å². The van der Waals surface area contributed by atoms with Crippen LogP contribution in [0.25, 0.3) is 0 Å². The van der Waals surface area contributed by atoms with E-state index in [9.17, 15) is 9.59 Å². The molecule has 0 aromatic heterocycles. The van der Waals surface area contributed by atoms with Crippen molar-refractivity contribution < 1.29 is 19.1 Å². The zero-order valence-corrected chi connectivity index (χ0v) is 17.0. The van der Waals surface area contributed by atoms with Crippen LogP contribution in [0.3, 0.4) is 0 Å². The second-order valence-electron chi connectivity index (χ2n) is 6.35. The van der Waals surface area contributed by atoms with E-state index in [2.05, 4.69) is 15.9 Å². The second-order valence-corrected chi connectivity index (χ2v) is 7.27. The second kappa shape index (κ2) is 8.00. The Morgan fingerprint density at radius 3 is 2.74 bits per heavy atom. The van der Waals surface area contributed by atoms with Crippen molar-refractivity contribution in [1.29, 1.82) is 0 Å². The number of likely N-dealkylation sites (N-methyl/N-ethyl adjacent to an activating group) is 1. The van der Waals surface area contributed by atoms with Crippen molar-refractivity contribution >= 4 is 33.4 Å². The van der Waals surface area contributed by atoms with Gasteiger partial charge in [-0.25, -0.2) is 0 Å². The molecule has 142 valence electrons. The van der Waals surface area contributed by atoms with Gasteiger partial charge < -0.3 is 19.3 Å². The van der Waals surface area contributed by atoms with Crippen LogP contribution in [-0.2, 0) is 16.1 Å². The highest BCUT2D eigenvalue weighted by molar-refractivity contribution is 9.10. The molecule has 3 rings (SSSR count). The van der Waals surface area contributed by atoms with Gasteiger partial charge in [-0.2, -0.15) is 0 Å². The topological polar surface area (TPSA) is 59.1 Å². The minimum atomic E-state index is -0.757. The summed E-state index contributed by atoms with van der Waals surface area (Å²) in [6.07, 6.45) is -0.757. The van der Waals surface area contributed by atoms with E-state index in [1.54, 1.807) is 30.0 Å². The zero-order valence-electron chi connectivity index (χ0n) is 15.4. The Kier molecular flexibility index (Phi) is 5.70. The molecule has 1 unspecified atom stereocenters. The van der Waals surface area contributed by atoms with Crippen LogP contribution >= 0.6 is 15.9 Å². The van der Waals surface area contributed by atoms with Crippen LogP contribution in [0.2, 0.25) is 0 Å². The summed E-state index contributed by atoms with van der Waals surface area (Å²) in [5.41, 5.74) is 1.56. The lowest BCUT2D eigenvalue weighted by molar-refractivity contribution is -0.138. The van der Waals surface area contributed by atoms with E-state index < -0.39 is 6.10 Å². The molecule has 1 aliphatic heterocycles. The number of fused-ring (bicyclic) bond motifs is 1. The van der Waals surface area contributed by atoms with Gasteiger partial charge in [-0.3, -0.25) is 9.59 Å². The third-order valence-electron chi connectivity index (χ3n) is 4.46. The number of amides is 2. The number of benzene rings is 2. The molecule has 1 atom stereocenters. The predicted octanol–water partition coefficient (Wildman–Crippen LogP) is 3.23. The van der Waals surface area contributed by atoms with E-state index in [0.717, 1.165) is 10.0 Å². The highest BCUT2D eigenvalue weighted by atomic mass is 79.9. The molecule has 0 N–H and O–H groups in total. The fourth-order valence-electron chi connectivity index (χ4n) is 3.11. The summed E-state index contributed by atoms with van der Waals surface area (Å²) in [6, 6.07) is 12.9. The molecule has 2 aromatic carbocycles. The first-order chi connectivity index (χ1) is 12.9. The van der Waals surface area contributed by atoms with Gasteiger partial charge in [0.05, 0.1) is 19.3 Å². The first-order valence-corrected chi connectivity index (χ1v) is 9.31. The van der Waals surface area contributed by atoms with Crippen molar-refractivity contribution in [3.63, 3.8) is 0 Å². The number of rotatable bonds is 4. The quantitative estimate of drug-likeness (QED) is 0.743.